The molecule has 4 rings (SSSR count). The number of thiophene rings is 1. The zero-order chi connectivity index (χ0) is 22.5. The summed E-state index contributed by atoms with van der Waals surface area (Å²) in [5.74, 6) is -0.944. The molecule has 0 spiro atoms. The van der Waals surface area contributed by atoms with E-state index >= 15 is 0 Å². The van der Waals surface area contributed by atoms with Gasteiger partial charge in [-0.3, -0.25) is 14.6 Å². The Bertz CT molecular complexity index is 886. The molecule has 2 amide bonds. The number of hydrogen-bond donors (Lipinski definition) is 1. The van der Waals surface area contributed by atoms with E-state index in [9.17, 15) is 18.4 Å². The van der Waals surface area contributed by atoms with E-state index in [1.54, 1.807) is 17.3 Å². The quantitative estimate of drug-likeness (QED) is 0.594. The van der Waals surface area contributed by atoms with Gasteiger partial charge in [-0.05, 0) is 62.0 Å². The van der Waals surface area contributed by atoms with Crippen LogP contribution in [0.25, 0.3) is 10.1 Å². The summed E-state index contributed by atoms with van der Waals surface area (Å²) in [5.41, 5.74) is 0. The van der Waals surface area contributed by atoms with Gasteiger partial charge in [0.15, 0.2) is 0 Å². The molecule has 2 aliphatic rings. The van der Waals surface area contributed by atoms with Crippen molar-refractivity contribution in [3.63, 3.8) is 0 Å². The van der Waals surface area contributed by atoms with Crippen LogP contribution in [0.4, 0.5) is 8.78 Å². The third kappa shape index (κ3) is 5.45. The van der Waals surface area contributed by atoms with E-state index in [0.29, 0.717) is 49.7 Å². The van der Waals surface area contributed by atoms with Gasteiger partial charge in [-0.25, -0.2) is 8.78 Å². The lowest BCUT2D eigenvalue weighted by Gasteiger charge is -2.37. The smallest absolute Gasteiger partial charge is 0.261 e. The number of carbonyl (C=O) groups excluding carboxylic acids is 2. The maximum Gasteiger partial charge on any atom is 0.261 e. The highest BCUT2D eigenvalue weighted by Gasteiger charge is 2.41. The van der Waals surface area contributed by atoms with E-state index in [0.717, 1.165) is 42.2 Å². The first-order valence-electron chi connectivity index (χ1n) is 11.7. The Morgan fingerprint density at radius 2 is 1.88 bits per heavy atom. The normalized spacial score (nSPS) is 24.6. The monoisotopic (exact) mass is 463 g/mol. The number of fused-ring (bicyclic) bond motifs is 1. The zero-order valence-corrected chi connectivity index (χ0v) is 19.1. The molecule has 2 fully saturated rings. The molecule has 2 aromatic rings. The minimum Gasteiger partial charge on any atom is -0.351 e. The number of nitrogens with zero attached hydrogens (tertiary/aromatic N) is 2. The predicted molar refractivity (Wildman–Crippen MR) is 122 cm³/mol. The van der Waals surface area contributed by atoms with Crippen molar-refractivity contribution in [1.29, 1.82) is 0 Å². The number of alkyl halides is 2. The Labute approximate surface area is 191 Å². The number of rotatable bonds is 7. The van der Waals surface area contributed by atoms with Crippen molar-refractivity contribution in [2.24, 2.45) is 11.8 Å². The lowest BCUT2D eigenvalue weighted by atomic mass is 9.83. The van der Waals surface area contributed by atoms with Crippen LogP contribution in [0.3, 0.4) is 0 Å². The molecule has 2 unspecified atom stereocenters. The van der Waals surface area contributed by atoms with Crippen molar-refractivity contribution in [3.8, 4) is 0 Å². The molecule has 174 valence electrons. The number of unbranched alkanes of at least 4 members (excludes halogenated alkanes) is 1. The van der Waals surface area contributed by atoms with Crippen molar-refractivity contribution in [2.75, 3.05) is 19.6 Å². The van der Waals surface area contributed by atoms with Crippen LogP contribution in [0.1, 0.15) is 61.0 Å². The van der Waals surface area contributed by atoms with Gasteiger partial charge in [0.25, 0.3) is 5.91 Å². The summed E-state index contributed by atoms with van der Waals surface area (Å²) < 4.78 is 29.2. The van der Waals surface area contributed by atoms with Gasteiger partial charge in [0, 0.05) is 32.0 Å². The molecule has 1 saturated carbocycles. The molecule has 0 bridgehead atoms. The first-order valence-corrected chi connectivity index (χ1v) is 12.5. The summed E-state index contributed by atoms with van der Waals surface area (Å²) in [5, 5.41) is 4.03. The van der Waals surface area contributed by atoms with E-state index in [-0.39, 0.29) is 11.8 Å². The van der Waals surface area contributed by atoms with Crippen LogP contribution < -0.4 is 5.32 Å². The van der Waals surface area contributed by atoms with Crippen molar-refractivity contribution in [3.05, 3.63) is 29.4 Å². The average molecular weight is 464 g/mol. The fraction of sp³-hybridized carbons (Fsp3) is 0.625. The number of carbonyl (C=O) groups is 2. The second-order valence-corrected chi connectivity index (χ2v) is 10.1. The number of aromatic nitrogens is 1. The van der Waals surface area contributed by atoms with Crippen LogP contribution in [0.15, 0.2) is 24.5 Å². The molecule has 0 aromatic carbocycles. The summed E-state index contributed by atoms with van der Waals surface area (Å²) in [6.45, 7) is 1.83. The molecular weight excluding hydrogens is 432 g/mol. The van der Waals surface area contributed by atoms with Crippen molar-refractivity contribution in [2.45, 2.75) is 63.7 Å². The number of hydrogen-bond acceptors (Lipinski definition) is 4. The number of nitrogens with one attached hydrogen (secondary N) is 1. The van der Waals surface area contributed by atoms with Gasteiger partial charge in [0.2, 0.25) is 5.91 Å². The van der Waals surface area contributed by atoms with Crippen molar-refractivity contribution < 1.29 is 18.4 Å². The van der Waals surface area contributed by atoms with Crippen molar-refractivity contribution in [1.82, 2.24) is 15.2 Å². The summed E-state index contributed by atoms with van der Waals surface area (Å²) >= 11 is 1.45. The average Bonchev–Trinajstić information content (AvgIpc) is 3.23. The number of pyridine rings is 1. The third-order valence-electron chi connectivity index (χ3n) is 6.82. The SMILES string of the molecule is O=C(NCCCCC1CCN(C(=O)C2C(F)CCCC2F)CC1)c1cc2ccncc2s1. The van der Waals surface area contributed by atoms with Crippen LogP contribution in [0.5, 0.6) is 0 Å². The molecule has 3 heterocycles. The first-order chi connectivity index (χ1) is 15.5. The molecular formula is C24H31F2N3O2S. The Hall–Kier alpha value is -2.09. The topological polar surface area (TPSA) is 62.3 Å². The zero-order valence-electron chi connectivity index (χ0n) is 18.3. The highest BCUT2D eigenvalue weighted by molar-refractivity contribution is 7.20. The fourth-order valence-electron chi connectivity index (χ4n) is 4.90. The van der Waals surface area contributed by atoms with Crippen LogP contribution in [-0.4, -0.2) is 53.7 Å². The maximum atomic E-state index is 14.1. The molecule has 2 aromatic heterocycles. The Balaban J connectivity index is 1.13. The van der Waals surface area contributed by atoms with Gasteiger partial charge in [-0.1, -0.05) is 12.8 Å². The minimum atomic E-state index is -1.34. The lowest BCUT2D eigenvalue weighted by molar-refractivity contribution is -0.143. The van der Waals surface area contributed by atoms with Gasteiger partial charge in [0.05, 0.1) is 9.58 Å². The molecule has 5 nitrogen and oxygen atoms in total. The maximum absolute atomic E-state index is 14.1. The molecule has 1 aliphatic carbocycles. The highest BCUT2D eigenvalue weighted by Crippen LogP contribution is 2.33. The van der Waals surface area contributed by atoms with Gasteiger partial charge in [-0.2, -0.15) is 0 Å². The molecule has 2 atom stereocenters. The molecule has 8 heteroatoms. The molecule has 1 aliphatic heterocycles. The standard InChI is InChI=1S/C24H31F2N3O2S/c25-18-5-3-6-19(26)22(18)24(31)29-12-8-16(9-13-29)4-1-2-10-28-23(30)20-14-17-7-11-27-15-21(17)32-20/h7,11,14-16,18-19,22H,1-6,8-10,12-13H2,(H,28,30). The number of amides is 2. The molecule has 1 N–H and O–H groups in total. The largest absolute Gasteiger partial charge is 0.351 e. The van der Waals surface area contributed by atoms with E-state index in [4.69, 9.17) is 0 Å². The second-order valence-electron chi connectivity index (χ2n) is 9.03. The first kappa shape index (κ1) is 23.1. The minimum absolute atomic E-state index is 0.0435. The van der Waals surface area contributed by atoms with E-state index in [1.165, 1.54) is 11.3 Å². The Morgan fingerprint density at radius 3 is 2.59 bits per heavy atom. The summed E-state index contributed by atoms with van der Waals surface area (Å²) in [6.07, 6.45) is 6.66. The highest BCUT2D eigenvalue weighted by atomic mass is 32.1. The Kier molecular flexibility index (Phi) is 7.71. The number of likely N-dealkylation sites (tertiary alicyclic amines) is 1. The summed E-state index contributed by atoms with van der Waals surface area (Å²) in [7, 11) is 0. The second kappa shape index (κ2) is 10.7. The van der Waals surface area contributed by atoms with E-state index in [2.05, 4.69) is 10.3 Å². The van der Waals surface area contributed by atoms with Gasteiger partial charge in [-0.15, -0.1) is 11.3 Å². The molecule has 0 radical (unpaired) electrons. The fourth-order valence-corrected chi connectivity index (χ4v) is 5.85. The van der Waals surface area contributed by atoms with Crippen LogP contribution in [-0.2, 0) is 4.79 Å². The lowest BCUT2D eigenvalue weighted by Crippen LogP contribution is -2.48. The van der Waals surface area contributed by atoms with Gasteiger partial charge in [0.1, 0.15) is 18.3 Å². The van der Waals surface area contributed by atoms with Crippen LogP contribution >= 0.6 is 11.3 Å². The van der Waals surface area contributed by atoms with Crippen LogP contribution in [0.2, 0.25) is 0 Å². The molecule has 32 heavy (non-hydrogen) atoms. The van der Waals surface area contributed by atoms with Gasteiger partial charge < -0.3 is 10.2 Å². The molecule has 1 saturated heterocycles. The van der Waals surface area contributed by atoms with Crippen molar-refractivity contribution >= 4 is 33.2 Å². The van der Waals surface area contributed by atoms with E-state index < -0.39 is 18.3 Å². The number of piperidine rings is 1. The number of halogens is 2. The predicted octanol–water partition coefficient (Wildman–Crippen LogP) is 4.91. The van der Waals surface area contributed by atoms with E-state index in [1.807, 2.05) is 12.1 Å². The van der Waals surface area contributed by atoms with Gasteiger partial charge >= 0.3 is 0 Å². The third-order valence-corrected chi connectivity index (χ3v) is 7.91. The summed E-state index contributed by atoms with van der Waals surface area (Å²) in [4.78, 5) is 31.4. The Morgan fingerprint density at radius 1 is 1.12 bits per heavy atom. The van der Waals surface area contributed by atoms with Crippen LogP contribution in [0, 0.1) is 11.8 Å². The summed E-state index contributed by atoms with van der Waals surface area (Å²) in [6, 6.07) is 3.80.